The quantitative estimate of drug-likeness (QED) is 0.437. The van der Waals surface area contributed by atoms with Crippen LogP contribution in [0, 0.1) is 11.8 Å². The van der Waals surface area contributed by atoms with Crippen LogP contribution in [0.1, 0.15) is 91.0 Å². The van der Waals surface area contributed by atoms with Crippen LogP contribution in [0.3, 0.4) is 0 Å². The van der Waals surface area contributed by atoms with E-state index >= 15 is 0 Å². The molecular formula is C30H42. The molecule has 0 atom stereocenters. The highest BCUT2D eigenvalue weighted by Gasteiger charge is 2.22. The first-order valence-corrected chi connectivity index (χ1v) is 12.2. The van der Waals surface area contributed by atoms with Crippen molar-refractivity contribution in [1.82, 2.24) is 0 Å². The lowest BCUT2D eigenvalue weighted by Crippen LogP contribution is -2.11. The molecule has 0 radical (unpaired) electrons. The van der Waals surface area contributed by atoms with Crippen LogP contribution in [0.5, 0.6) is 0 Å². The van der Waals surface area contributed by atoms with Crippen LogP contribution in [-0.4, -0.2) is 0 Å². The molecule has 2 aromatic carbocycles. The summed E-state index contributed by atoms with van der Waals surface area (Å²) in [6, 6.07) is 18.9. The summed E-state index contributed by atoms with van der Waals surface area (Å²) in [5, 5.41) is 0. The molecule has 0 bridgehead atoms. The Labute approximate surface area is 187 Å². The molecule has 4 rings (SSSR count). The van der Waals surface area contributed by atoms with Crippen molar-refractivity contribution >= 4 is 0 Å². The van der Waals surface area contributed by atoms with Crippen LogP contribution < -0.4 is 0 Å². The van der Waals surface area contributed by atoms with E-state index in [2.05, 4.69) is 86.7 Å². The first kappa shape index (κ1) is 21.2. The minimum Gasteiger partial charge on any atom is -0.0914 e. The molecule has 0 saturated heterocycles. The summed E-state index contributed by atoms with van der Waals surface area (Å²) in [6.07, 6.45) is 19.9. The zero-order chi connectivity index (χ0) is 20.8. The maximum absolute atomic E-state index is 2.40. The van der Waals surface area contributed by atoms with Crippen LogP contribution in [0.2, 0.25) is 0 Å². The van der Waals surface area contributed by atoms with Crippen molar-refractivity contribution in [3.05, 3.63) is 84.0 Å². The molecule has 2 aliphatic rings. The maximum Gasteiger partial charge on any atom is 0 e. The van der Waals surface area contributed by atoms with Gasteiger partial charge in [0.1, 0.15) is 0 Å². The summed E-state index contributed by atoms with van der Waals surface area (Å²) in [7, 11) is 0. The van der Waals surface area contributed by atoms with E-state index in [0.29, 0.717) is 0 Å². The molecule has 162 valence electrons. The number of hydrogen-bond acceptors (Lipinski definition) is 0. The second-order valence-corrected chi connectivity index (χ2v) is 9.52. The SMILES string of the molecule is C/C=C/C1CCC(c2ccc(-c3ccc(C4CCC(/C=C/C)CC4)cc3)cc2)CC1.[HH].[HH]. The highest BCUT2D eigenvalue weighted by Crippen LogP contribution is 2.38. The Hall–Kier alpha value is -2.08. The van der Waals surface area contributed by atoms with Crippen LogP contribution >= 0.6 is 0 Å². The van der Waals surface area contributed by atoms with E-state index in [9.17, 15) is 0 Å². The van der Waals surface area contributed by atoms with Crippen molar-refractivity contribution in [3.63, 3.8) is 0 Å². The summed E-state index contributed by atoms with van der Waals surface area (Å²) < 4.78 is 0. The average molecular weight is 403 g/mol. The molecule has 0 nitrogen and oxygen atoms in total. The van der Waals surface area contributed by atoms with Gasteiger partial charge in [0.25, 0.3) is 0 Å². The van der Waals surface area contributed by atoms with Gasteiger partial charge in [-0.1, -0.05) is 72.8 Å². The maximum atomic E-state index is 2.40. The zero-order valence-corrected chi connectivity index (χ0v) is 18.9. The molecule has 2 fully saturated rings. The molecule has 0 unspecified atom stereocenters. The molecule has 0 heterocycles. The third-order valence-electron chi connectivity index (χ3n) is 7.57. The Bertz CT molecular complexity index is 758. The highest BCUT2D eigenvalue weighted by molar-refractivity contribution is 5.64. The van der Waals surface area contributed by atoms with Crippen LogP contribution in [0.15, 0.2) is 72.8 Å². The molecule has 0 aromatic heterocycles. The fourth-order valence-electron chi connectivity index (χ4n) is 5.73. The van der Waals surface area contributed by atoms with Gasteiger partial charge >= 0.3 is 0 Å². The van der Waals surface area contributed by atoms with Gasteiger partial charge in [0.05, 0.1) is 0 Å². The standard InChI is InChI=1S/C30H38.2H2/c1-3-5-23-7-11-25(12-8-23)27-15-19-29(20-16-27)30-21-17-28(18-22-30)26-13-9-24(6-4-2)10-14-26;;/h3-6,15-26H,7-14H2,1-2H3;2*1H/b5-3+,6-4+;;. The predicted molar refractivity (Wildman–Crippen MR) is 135 cm³/mol. The topological polar surface area (TPSA) is 0 Å². The predicted octanol–water partition coefficient (Wildman–Crippen LogP) is 9.55. The zero-order valence-electron chi connectivity index (χ0n) is 18.9. The van der Waals surface area contributed by atoms with E-state index in [0.717, 1.165) is 23.7 Å². The monoisotopic (exact) mass is 402 g/mol. The van der Waals surface area contributed by atoms with Crippen LogP contribution in [0.4, 0.5) is 0 Å². The largest absolute Gasteiger partial charge is 0.0914 e. The van der Waals surface area contributed by atoms with Gasteiger partial charge < -0.3 is 0 Å². The van der Waals surface area contributed by atoms with Crippen molar-refractivity contribution in [2.24, 2.45) is 11.8 Å². The third-order valence-corrected chi connectivity index (χ3v) is 7.57. The van der Waals surface area contributed by atoms with E-state index in [4.69, 9.17) is 0 Å². The first-order chi connectivity index (χ1) is 14.8. The Morgan fingerprint density at radius 3 is 1.17 bits per heavy atom. The van der Waals surface area contributed by atoms with E-state index < -0.39 is 0 Å². The number of rotatable bonds is 5. The minimum atomic E-state index is 0. The van der Waals surface area contributed by atoms with Crippen molar-refractivity contribution in [2.45, 2.75) is 77.0 Å². The Kier molecular flexibility index (Phi) is 7.26. The van der Waals surface area contributed by atoms with Crippen molar-refractivity contribution in [2.75, 3.05) is 0 Å². The normalized spacial score (nSPS) is 27.7. The molecule has 0 heteroatoms. The number of benzene rings is 2. The highest BCUT2D eigenvalue weighted by atomic mass is 14.3. The molecule has 30 heavy (non-hydrogen) atoms. The van der Waals surface area contributed by atoms with Gasteiger partial charge in [-0.2, -0.15) is 0 Å². The number of allylic oxidation sites excluding steroid dienone is 4. The van der Waals surface area contributed by atoms with Gasteiger partial charge in [-0.25, -0.2) is 0 Å². The Balaban J connectivity index is 0.00000181. The molecule has 2 aliphatic carbocycles. The lowest BCUT2D eigenvalue weighted by Gasteiger charge is -2.27. The third kappa shape index (κ3) is 5.15. The number of hydrogen-bond donors (Lipinski definition) is 0. The smallest absolute Gasteiger partial charge is 0 e. The van der Waals surface area contributed by atoms with Gasteiger partial charge in [0.2, 0.25) is 0 Å². The molecular weight excluding hydrogens is 360 g/mol. The van der Waals surface area contributed by atoms with Crippen molar-refractivity contribution in [3.8, 4) is 11.1 Å². The Morgan fingerprint density at radius 1 is 0.533 bits per heavy atom. The van der Waals surface area contributed by atoms with Crippen molar-refractivity contribution < 1.29 is 2.85 Å². The van der Waals surface area contributed by atoms with Gasteiger partial charge in [0, 0.05) is 2.85 Å². The molecule has 0 N–H and O–H groups in total. The fraction of sp³-hybridized carbons (Fsp3) is 0.467. The molecule has 2 aromatic rings. The van der Waals surface area contributed by atoms with Gasteiger partial charge in [-0.15, -0.1) is 0 Å². The van der Waals surface area contributed by atoms with E-state index in [1.807, 2.05) is 0 Å². The molecule has 2 saturated carbocycles. The van der Waals surface area contributed by atoms with Gasteiger partial charge in [0.15, 0.2) is 0 Å². The second kappa shape index (κ2) is 10.3. The lowest BCUT2D eigenvalue weighted by atomic mass is 9.78. The van der Waals surface area contributed by atoms with Crippen LogP contribution in [0.25, 0.3) is 11.1 Å². The molecule has 0 amide bonds. The molecule has 0 aliphatic heterocycles. The average Bonchev–Trinajstić information content (AvgIpc) is 2.81. The Morgan fingerprint density at radius 2 is 0.867 bits per heavy atom. The second-order valence-electron chi connectivity index (χ2n) is 9.52. The summed E-state index contributed by atoms with van der Waals surface area (Å²) in [5.41, 5.74) is 5.77. The summed E-state index contributed by atoms with van der Waals surface area (Å²) in [5.74, 6) is 3.12. The van der Waals surface area contributed by atoms with Crippen LogP contribution in [-0.2, 0) is 0 Å². The van der Waals surface area contributed by atoms with E-state index in [1.165, 1.54) is 73.6 Å². The minimum absolute atomic E-state index is 0. The summed E-state index contributed by atoms with van der Waals surface area (Å²) in [6.45, 7) is 4.29. The van der Waals surface area contributed by atoms with E-state index in [-0.39, 0.29) is 2.85 Å². The fourth-order valence-corrected chi connectivity index (χ4v) is 5.73. The van der Waals surface area contributed by atoms with Gasteiger partial charge in [-0.3, -0.25) is 0 Å². The lowest BCUT2D eigenvalue weighted by molar-refractivity contribution is 0.375. The van der Waals surface area contributed by atoms with E-state index in [1.54, 1.807) is 0 Å². The molecule has 0 spiro atoms. The summed E-state index contributed by atoms with van der Waals surface area (Å²) in [4.78, 5) is 0. The first-order valence-electron chi connectivity index (χ1n) is 12.2. The van der Waals surface area contributed by atoms with Gasteiger partial charge in [-0.05, 0) is 111 Å². The summed E-state index contributed by atoms with van der Waals surface area (Å²) >= 11 is 0. The van der Waals surface area contributed by atoms with Crippen molar-refractivity contribution in [1.29, 1.82) is 0 Å².